The standard InChI is InChI=1S/C23H20N2O4S.ClH/c1-16-10-12-17(13-11-16)30(27,28)25-23(26)29-15-14-18-19-6-2-4-8-21(19)24-22-9-5-3-7-20(18)22;/h2-13H,14-15H2,1H3,(H,25,26);1H. The average Bonchev–Trinajstić information content (AvgIpc) is 2.73. The van der Waals surface area contributed by atoms with Gasteiger partial charge < -0.3 is 4.74 Å². The molecule has 0 aliphatic heterocycles. The number of halogens is 1. The zero-order valence-corrected chi connectivity index (χ0v) is 18.4. The zero-order chi connectivity index (χ0) is 21.1. The number of fused-ring (bicyclic) bond motifs is 2. The fourth-order valence-electron chi connectivity index (χ4n) is 3.36. The summed E-state index contributed by atoms with van der Waals surface area (Å²) in [4.78, 5) is 16.8. The molecule has 0 aliphatic rings. The predicted molar refractivity (Wildman–Crippen MR) is 123 cm³/mol. The van der Waals surface area contributed by atoms with Crippen LogP contribution in [-0.2, 0) is 21.2 Å². The summed E-state index contributed by atoms with van der Waals surface area (Å²) in [5.74, 6) is 0. The van der Waals surface area contributed by atoms with Crippen LogP contribution in [0.15, 0.2) is 77.7 Å². The lowest BCUT2D eigenvalue weighted by molar-refractivity contribution is 0.154. The van der Waals surface area contributed by atoms with Crippen LogP contribution in [0.1, 0.15) is 11.1 Å². The van der Waals surface area contributed by atoms with Crippen molar-refractivity contribution >= 4 is 50.3 Å². The summed E-state index contributed by atoms with van der Waals surface area (Å²) in [5, 5.41) is 1.96. The van der Waals surface area contributed by atoms with E-state index in [2.05, 4.69) is 4.98 Å². The van der Waals surface area contributed by atoms with Crippen LogP contribution in [0.25, 0.3) is 21.8 Å². The molecular weight excluding hydrogens is 436 g/mol. The molecule has 0 radical (unpaired) electrons. The predicted octanol–water partition coefficient (Wildman–Crippen LogP) is 4.78. The smallest absolute Gasteiger partial charge is 0.421 e. The largest absolute Gasteiger partial charge is 0.448 e. The number of hydrogen-bond donors (Lipinski definition) is 1. The summed E-state index contributed by atoms with van der Waals surface area (Å²) in [7, 11) is -3.98. The van der Waals surface area contributed by atoms with Gasteiger partial charge >= 0.3 is 6.09 Å². The van der Waals surface area contributed by atoms with Gasteiger partial charge in [-0.2, -0.15) is 0 Å². The number of nitrogens with zero attached hydrogens (tertiary/aromatic N) is 1. The number of sulfonamides is 1. The topological polar surface area (TPSA) is 85.4 Å². The molecule has 4 rings (SSSR count). The minimum absolute atomic E-state index is 0. The Morgan fingerprint density at radius 1 is 0.903 bits per heavy atom. The molecule has 8 heteroatoms. The van der Waals surface area contributed by atoms with Crippen LogP contribution in [0.3, 0.4) is 0 Å². The molecule has 0 saturated heterocycles. The highest BCUT2D eigenvalue weighted by Gasteiger charge is 2.18. The van der Waals surface area contributed by atoms with E-state index in [4.69, 9.17) is 4.74 Å². The highest BCUT2D eigenvalue weighted by Crippen LogP contribution is 2.26. The van der Waals surface area contributed by atoms with Crippen molar-refractivity contribution in [1.82, 2.24) is 9.71 Å². The molecule has 6 nitrogen and oxygen atoms in total. The number of nitrogens with one attached hydrogen (secondary N) is 1. The molecule has 4 aromatic rings. The quantitative estimate of drug-likeness (QED) is 0.437. The molecule has 1 heterocycles. The van der Waals surface area contributed by atoms with Crippen molar-refractivity contribution < 1.29 is 17.9 Å². The number of carbonyl (C=O) groups is 1. The van der Waals surface area contributed by atoms with Gasteiger partial charge in [0.05, 0.1) is 22.5 Å². The van der Waals surface area contributed by atoms with E-state index < -0.39 is 16.1 Å². The van der Waals surface area contributed by atoms with E-state index in [1.54, 1.807) is 12.1 Å². The van der Waals surface area contributed by atoms with Crippen LogP contribution < -0.4 is 4.72 Å². The van der Waals surface area contributed by atoms with Crippen molar-refractivity contribution in [3.8, 4) is 0 Å². The third-order valence-electron chi connectivity index (χ3n) is 4.83. The first-order valence-electron chi connectivity index (χ1n) is 9.47. The van der Waals surface area contributed by atoms with Gasteiger partial charge in [-0.25, -0.2) is 22.9 Å². The summed E-state index contributed by atoms with van der Waals surface area (Å²) in [6, 6.07) is 21.8. The Labute approximate surface area is 186 Å². The van der Waals surface area contributed by atoms with E-state index in [1.165, 1.54) is 12.1 Å². The van der Waals surface area contributed by atoms with E-state index in [0.29, 0.717) is 6.42 Å². The molecule has 1 amide bonds. The molecule has 0 fully saturated rings. The van der Waals surface area contributed by atoms with Gasteiger partial charge in [0.15, 0.2) is 0 Å². The van der Waals surface area contributed by atoms with E-state index in [0.717, 1.165) is 32.9 Å². The number of hydrogen-bond acceptors (Lipinski definition) is 5. The lowest BCUT2D eigenvalue weighted by atomic mass is 10.0. The summed E-state index contributed by atoms with van der Waals surface area (Å²) < 4.78 is 31.8. The first-order chi connectivity index (χ1) is 14.4. The second-order valence-electron chi connectivity index (χ2n) is 6.93. The maximum absolute atomic E-state index is 12.3. The fraction of sp³-hybridized carbons (Fsp3) is 0.130. The van der Waals surface area contributed by atoms with Crippen LogP contribution >= 0.6 is 12.4 Å². The molecule has 160 valence electrons. The van der Waals surface area contributed by atoms with Gasteiger partial charge in [-0.1, -0.05) is 54.1 Å². The Balaban J connectivity index is 0.00000272. The van der Waals surface area contributed by atoms with Crippen molar-refractivity contribution in [2.45, 2.75) is 18.2 Å². The molecular formula is C23H21ClN2O4S. The van der Waals surface area contributed by atoms with E-state index in [-0.39, 0.29) is 23.9 Å². The maximum atomic E-state index is 12.3. The normalized spacial score (nSPS) is 11.1. The molecule has 0 saturated carbocycles. The van der Waals surface area contributed by atoms with Crippen molar-refractivity contribution in [2.24, 2.45) is 0 Å². The number of carbonyl (C=O) groups excluding carboxylic acids is 1. The molecule has 0 spiro atoms. The van der Waals surface area contributed by atoms with Gasteiger partial charge in [-0.05, 0) is 36.8 Å². The maximum Gasteiger partial charge on any atom is 0.421 e. The second kappa shape index (κ2) is 9.32. The number of para-hydroxylation sites is 2. The highest BCUT2D eigenvalue weighted by molar-refractivity contribution is 7.90. The Morgan fingerprint density at radius 2 is 1.45 bits per heavy atom. The van der Waals surface area contributed by atoms with Gasteiger partial charge in [-0.15, -0.1) is 12.4 Å². The van der Waals surface area contributed by atoms with E-state index in [1.807, 2.05) is 60.2 Å². The molecule has 0 aliphatic carbocycles. The van der Waals surface area contributed by atoms with Crippen LogP contribution in [0, 0.1) is 6.92 Å². The lowest BCUT2D eigenvalue weighted by Gasteiger charge is -2.12. The minimum Gasteiger partial charge on any atom is -0.448 e. The number of rotatable bonds is 5. The highest BCUT2D eigenvalue weighted by atomic mass is 35.5. The number of aryl methyl sites for hydroxylation is 1. The Bertz CT molecular complexity index is 1290. The first-order valence-corrected chi connectivity index (χ1v) is 10.9. The average molecular weight is 457 g/mol. The molecule has 1 N–H and O–H groups in total. The van der Waals surface area contributed by atoms with Gasteiger partial charge in [-0.3, -0.25) is 0 Å². The summed E-state index contributed by atoms with van der Waals surface area (Å²) >= 11 is 0. The second-order valence-corrected chi connectivity index (χ2v) is 8.61. The number of aromatic nitrogens is 1. The van der Waals surface area contributed by atoms with Crippen LogP contribution in [0.4, 0.5) is 4.79 Å². The number of ether oxygens (including phenoxy) is 1. The van der Waals surface area contributed by atoms with Gasteiger partial charge in [0, 0.05) is 17.2 Å². The molecule has 31 heavy (non-hydrogen) atoms. The lowest BCUT2D eigenvalue weighted by Crippen LogP contribution is -2.31. The molecule has 3 aromatic carbocycles. The Morgan fingerprint density at radius 3 is 2.03 bits per heavy atom. The molecule has 0 unspecified atom stereocenters. The first kappa shape index (κ1) is 22.5. The van der Waals surface area contributed by atoms with Crippen molar-refractivity contribution in [3.05, 3.63) is 83.9 Å². The Kier molecular flexibility index (Phi) is 6.77. The van der Waals surface area contributed by atoms with E-state index >= 15 is 0 Å². The number of amides is 1. The summed E-state index contributed by atoms with van der Waals surface area (Å²) in [5.41, 5.74) is 3.65. The number of pyridine rings is 1. The molecule has 0 bridgehead atoms. The van der Waals surface area contributed by atoms with Crippen LogP contribution in [-0.4, -0.2) is 26.1 Å². The van der Waals surface area contributed by atoms with Crippen molar-refractivity contribution in [2.75, 3.05) is 6.61 Å². The summed E-state index contributed by atoms with van der Waals surface area (Å²) in [6.45, 7) is 1.89. The number of benzene rings is 3. The van der Waals surface area contributed by atoms with E-state index in [9.17, 15) is 13.2 Å². The minimum atomic E-state index is -3.98. The monoisotopic (exact) mass is 456 g/mol. The van der Waals surface area contributed by atoms with Crippen molar-refractivity contribution in [3.63, 3.8) is 0 Å². The third-order valence-corrected chi connectivity index (χ3v) is 6.16. The molecule has 0 atom stereocenters. The SMILES string of the molecule is Cc1ccc(S(=O)(=O)NC(=O)OCCc2c3ccccc3nc3ccccc23)cc1.Cl. The van der Waals surface area contributed by atoms with Crippen molar-refractivity contribution in [1.29, 1.82) is 0 Å². The van der Waals surface area contributed by atoms with Gasteiger partial charge in [0.25, 0.3) is 10.0 Å². The zero-order valence-electron chi connectivity index (χ0n) is 16.7. The fourth-order valence-corrected chi connectivity index (χ4v) is 4.25. The molecule has 1 aromatic heterocycles. The summed E-state index contributed by atoms with van der Waals surface area (Å²) in [6.07, 6.45) is -0.570. The van der Waals surface area contributed by atoms with Crippen LogP contribution in [0.2, 0.25) is 0 Å². The Hall–Kier alpha value is -3.16. The van der Waals surface area contributed by atoms with Crippen LogP contribution in [0.5, 0.6) is 0 Å². The van der Waals surface area contributed by atoms with Gasteiger partial charge in [0.2, 0.25) is 0 Å². The van der Waals surface area contributed by atoms with Gasteiger partial charge in [0.1, 0.15) is 0 Å². The third kappa shape index (κ3) is 4.95.